The van der Waals surface area contributed by atoms with Crippen LogP contribution < -0.4 is 4.74 Å². The van der Waals surface area contributed by atoms with Crippen molar-refractivity contribution in [2.24, 2.45) is 5.92 Å². The van der Waals surface area contributed by atoms with Crippen LogP contribution in [-0.4, -0.2) is 61.9 Å². The lowest BCUT2D eigenvalue weighted by Crippen LogP contribution is -2.46. The molecule has 3 heterocycles. The Morgan fingerprint density at radius 1 is 1.12 bits per heavy atom. The summed E-state index contributed by atoms with van der Waals surface area (Å²) in [4.78, 5) is 17.0. The first kappa shape index (κ1) is 18.0. The van der Waals surface area contributed by atoms with E-state index in [1.807, 2.05) is 17.0 Å². The molecule has 1 amide bonds. The molecule has 4 rings (SSSR count). The summed E-state index contributed by atoms with van der Waals surface area (Å²) in [5.74, 6) is 1.35. The largest absolute Gasteiger partial charge is 0.467 e. The zero-order valence-electron chi connectivity index (χ0n) is 14.9. The Morgan fingerprint density at radius 2 is 1.88 bits per heavy atom. The Hall–Kier alpha value is -1.34. The summed E-state index contributed by atoms with van der Waals surface area (Å²) in [7, 11) is 0. The van der Waals surface area contributed by atoms with E-state index < -0.39 is 0 Å². The van der Waals surface area contributed by atoms with Gasteiger partial charge in [-0.25, -0.2) is 0 Å². The molecule has 0 saturated carbocycles. The molecule has 3 aliphatic rings. The number of fused-ring (bicyclic) bond motifs is 1. The van der Waals surface area contributed by atoms with E-state index in [1.165, 1.54) is 0 Å². The van der Waals surface area contributed by atoms with Crippen LogP contribution in [0.4, 0.5) is 0 Å². The predicted octanol–water partition coefficient (Wildman–Crippen LogP) is 2.28. The van der Waals surface area contributed by atoms with Crippen molar-refractivity contribution in [3.8, 4) is 5.75 Å². The maximum Gasteiger partial charge on any atom is 0.225 e. The average molecular weight is 381 g/mol. The molecule has 0 radical (unpaired) electrons. The molecule has 0 spiro atoms. The number of amides is 1. The third-order valence-electron chi connectivity index (χ3n) is 5.41. The van der Waals surface area contributed by atoms with Gasteiger partial charge in [0.25, 0.3) is 0 Å². The van der Waals surface area contributed by atoms with E-state index in [1.54, 1.807) is 0 Å². The molecule has 7 heteroatoms. The third-order valence-corrected chi connectivity index (χ3v) is 5.62. The van der Waals surface area contributed by atoms with Crippen molar-refractivity contribution in [1.82, 2.24) is 9.80 Å². The minimum atomic E-state index is 0.141. The Labute approximate surface area is 158 Å². The highest BCUT2D eigenvalue weighted by molar-refractivity contribution is 6.30. The second kappa shape index (κ2) is 8.13. The quantitative estimate of drug-likeness (QED) is 0.805. The van der Waals surface area contributed by atoms with Crippen LogP contribution in [0.2, 0.25) is 5.02 Å². The first-order valence-corrected chi connectivity index (χ1v) is 9.69. The number of rotatable bonds is 3. The van der Waals surface area contributed by atoms with Crippen LogP contribution in [0.5, 0.6) is 5.75 Å². The summed E-state index contributed by atoms with van der Waals surface area (Å²) < 4.78 is 16.4. The van der Waals surface area contributed by atoms with Crippen LogP contribution in [0.25, 0.3) is 0 Å². The second-order valence-electron chi connectivity index (χ2n) is 7.15. The van der Waals surface area contributed by atoms with Gasteiger partial charge in [-0.05, 0) is 38.1 Å². The summed E-state index contributed by atoms with van der Waals surface area (Å²) in [5.41, 5.74) is 2.12. The molecule has 1 aromatic carbocycles. The van der Waals surface area contributed by atoms with Crippen molar-refractivity contribution >= 4 is 17.5 Å². The Balaban J connectivity index is 1.35. The van der Waals surface area contributed by atoms with Gasteiger partial charge in [0.1, 0.15) is 5.75 Å². The smallest absolute Gasteiger partial charge is 0.225 e. The molecule has 3 aliphatic heterocycles. The van der Waals surface area contributed by atoms with E-state index in [4.69, 9.17) is 25.8 Å². The highest BCUT2D eigenvalue weighted by atomic mass is 35.5. The first-order chi connectivity index (χ1) is 12.7. The number of hydrogen-bond donors (Lipinski definition) is 0. The van der Waals surface area contributed by atoms with E-state index in [-0.39, 0.29) is 12.7 Å². The molecule has 0 bridgehead atoms. The number of benzene rings is 1. The van der Waals surface area contributed by atoms with Crippen LogP contribution in [0.15, 0.2) is 12.1 Å². The van der Waals surface area contributed by atoms with Crippen molar-refractivity contribution in [3.05, 3.63) is 28.3 Å². The van der Waals surface area contributed by atoms with Crippen molar-refractivity contribution in [1.29, 1.82) is 0 Å². The molecule has 0 aliphatic carbocycles. The van der Waals surface area contributed by atoms with Crippen LogP contribution in [0.1, 0.15) is 24.0 Å². The van der Waals surface area contributed by atoms with Gasteiger partial charge in [0.05, 0.1) is 19.8 Å². The SMILES string of the molecule is O=C(C1CCN(Cc2cc(Cl)cc3c2OCOC3)CC1)N1CCOCC1. The van der Waals surface area contributed by atoms with Gasteiger partial charge in [0.2, 0.25) is 5.91 Å². The fraction of sp³-hybridized carbons (Fsp3) is 0.632. The summed E-state index contributed by atoms with van der Waals surface area (Å²) in [6.45, 7) is 6.23. The monoisotopic (exact) mass is 380 g/mol. The number of piperidine rings is 1. The van der Waals surface area contributed by atoms with Crippen LogP contribution >= 0.6 is 11.6 Å². The normalized spacial score (nSPS) is 22.0. The Morgan fingerprint density at radius 3 is 2.65 bits per heavy atom. The summed E-state index contributed by atoms with van der Waals surface area (Å²) in [6.07, 6.45) is 1.81. The Kier molecular flexibility index (Phi) is 5.64. The maximum absolute atomic E-state index is 12.7. The van der Waals surface area contributed by atoms with Crippen molar-refractivity contribution in [3.63, 3.8) is 0 Å². The maximum atomic E-state index is 12.7. The number of likely N-dealkylation sites (tertiary alicyclic amines) is 1. The summed E-state index contributed by atoms with van der Waals surface area (Å²) >= 11 is 6.26. The minimum Gasteiger partial charge on any atom is -0.467 e. The minimum absolute atomic E-state index is 0.141. The second-order valence-corrected chi connectivity index (χ2v) is 7.59. The summed E-state index contributed by atoms with van der Waals surface area (Å²) in [5, 5.41) is 0.713. The molecule has 0 unspecified atom stereocenters. The lowest BCUT2D eigenvalue weighted by Gasteiger charge is -2.36. The van der Waals surface area contributed by atoms with Crippen molar-refractivity contribution in [2.45, 2.75) is 26.0 Å². The van der Waals surface area contributed by atoms with E-state index in [2.05, 4.69) is 4.90 Å². The zero-order chi connectivity index (χ0) is 17.9. The number of morpholine rings is 1. The molecule has 142 valence electrons. The fourth-order valence-electron chi connectivity index (χ4n) is 4.00. The number of carbonyl (C=O) groups is 1. The number of ether oxygens (including phenoxy) is 3. The van der Waals surface area contributed by atoms with Gasteiger partial charge in [0, 0.05) is 41.7 Å². The van der Waals surface area contributed by atoms with Crippen LogP contribution in [0, 0.1) is 5.92 Å². The zero-order valence-corrected chi connectivity index (χ0v) is 15.7. The molecular weight excluding hydrogens is 356 g/mol. The molecule has 0 aromatic heterocycles. The topological polar surface area (TPSA) is 51.2 Å². The van der Waals surface area contributed by atoms with Gasteiger partial charge < -0.3 is 19.1 Å². The molecule has 2 fully saturated rings. The Bertz CT molecular complexity index is 655. The number of nitrogens with zero attached hydrogens (tertiary/aromatic N) is 2. The van der Waals surface area contributed by atoms with Gasteiger partial charge >= 0.3 is 0 Å². The summed E-state index contributed by atoms with van der Waals surface area (Å²) in [6, 6.07) is 3.89. The standard InChI is InChI=1S/C19H25ClN2O4/c20-17-9-15(18-16(10-17)12-25-13-26-18)11-21-3-1-14(2-4-21)19(23)22-5-7-24-8-6-22/h9-10,14H,1-8,11-13H2. The van der Waals surface area contributed by atoms with E-state index in [0.717, 1.165) is 62.4 Å². The predicted molar refractivity (Wildman–Crippen MR) is 97.1 cm³/mol. The van der Waals surface area contributed by atoms with Crippen LogP contribution in [-0.2, 0) is 27.4 Å². The van der Waals surface area contributed by atoms with Gasteiger partial charge in [-0.2, -0.15) is 0 Å². The van der Waals surface area contributed by atoms with Crippen LogP contribution in [0.3, 0.4) is 0 Å². The molecule has 6 nitrogen and oxygen atoms in total. The van der Waals surface area contributed by atoms with Gasteiger partial charge in [-0.1, -0.05) is 11.6 Å². The van der Waals surface area contributed by atoms with Gasteiger partial charge in [-0.3, -0.25) is 9.69 Å². The molecule has 1 aromatic rings. The van der Waals surface area contributed by atoms with Gasteiger partial charge in [-0.15, -0.1) is 0 Å². The van der Waals surface area contributed by atoms with E-state index in [9.17, 15) is 4.79 Å². The highest BCUT2D eigenvalue weighted by Gasteiger charge is 2.30. The fourth-order valence-corrected chi connectivity index (χ4v) is 4.26. The van der Waals surface area contributed by atoms with E-state index in [0.29, 0.717) is 30.8 Å². The molecule has 2 saturated heterocycles. The van der Waals surface area contributed by atoms with Gasteiger partial charge in [0.15, 0.2) is 6.79 Å². The third kappa shape index (κ3) is 3.98. The molecule has 0 atom stereocenters. The van der Waals surface area contributed by atoms with Crippen molar-refractivity contribution in [2.75, 3.05) is 46.2 Å². The van der Waals surface area contributed by atoms with Crippen molar-refractivity contribution < 1.29 is 19.0 Å². The lowest BCUT2D eigenvalue weighted by atomic mass is 9.94. The number of carbonyl (C=O) groups excluding carboxylic acids is 1. The molecular formula is C19H25ClN2O4. The number of hydrogen-bond acceptors (Lipinski definition) is 5. The number of halogens is 1. The highest BCUT2D eigenvalue weighted by Crippen LogP contribution is 2.33. The lowest BCUT2D eigenvalue weighted by molar-refractivity contribution is -0.141. The first-order valence-electron chi connectivity index (χ1n) is 9.31. The average Bonchev–Trinajstić information content (AvgIpc) is 2.68. The molecule has 0 N–H and O–H groups in total. The molecule has 26 heavy (non-hydrogen) atoms. The van der Waals surface area contributed by atoms with E-state index >= 15 is 0 Å².